The van der Waals surface area contributed by atoms with Crippen LogP contribution in [0.5, 0.6) is 0 Å². The van der Waals surface area contributed by atoms with Gasteiger partial charge in [-0.05, 0) is 30.7 Å². The number of fused-ring (bicyclic) bond motifs is 1. The number of rotatable bonds is 4. The molecule has 0 unspecified atom stereocenters. The maximum Gasteiger partial charge on any atom is 0.258 e. The van der Waals surface area contributed by atoms with Crippen LogP contribution in [0.1, 0.15) is 11.3 Å². The molecule has 0 spiro atoms. The molecule has 0 saturated carbocycles. The quantitative estimate of drug-likeness (QED) is 0.561. The van der Waals surface area contributed by atoms with Crippen LogP contribution in [0.2, 0.25) is 0 Å². The van der Waals surface area contributed by atoms with E-state index in [1.165, 1.54) is 28.3 Å². The molecule has 8 heteroatoms. The van der Waals surface area contributed by atoms with Crippen LogP contribution in [-0.4, -0.2) is 24.6 Å². The van der Waals surface area contributed by atoms with Gasteiger partial charge in [0.05, 0.1) is 11.3 Å². The molecule has 1 aromatic carbocycles. The van der Waals surface area contributed by atoms with Crippen LogP contribution < -0.4 is 5.56 Å². The number of hydrogen-bond acceptors (Lipinski definition) is 5. The van der Waals surface area contributed by atoms with Crippen molar-refractivity contribution in [2.24, 2.45) is 0 Å². The highest BCUT2D eigenvalue weighted by atomic mass is 32.2. The number of H-pyrrole nitrogens is 1. The third-order valence-electron chi connectivity index (χ3n) is 3.80. The lowest BCUT2D eigenvalue weighted by molar-refractivity contribution is 0.630. The van der Waals surface area contributed by atoms with E-state index in [1.54, 1.807) is 24.4 Å². The standard InChI is InChI=1S/C18H14FN5OS/c1-11-6-7-15-20-12(8-16(25)24(15)9-11)10-26-18-21-17(22-23-18)13-4-2-3-5-14(13)19/h2-9H,10H2,1H3,(H,21,22,23). The van der Waals surface area contributed by atoms with Gasteiger partial charge in [0.25, 0.3) is 5.56 Å². The summed E-state index contributed by atoms with van der Waals surface area (Å²) in [5.41, 5.74) is 2.47. The van der Waals surface area contributed by atoms with Crippen molar-refractivity contribution < 1.29 is 4.39 Å². The molecule has 3 aromatic heterocycles. The second-order valence-electron chi connectivity index (χ2n) is 5.76. The Kier molecular flexibility index (Phi) is 4.26. The second kappa shape index (κ2) is 6.72. The maximum atomic E-state index is 13.8. The van der Waals surface area contributed by atoms with E-state index in [-0.39, 0.29) is 11.4 Å². The molecule has 0 amide bonds. The first-order valence-corrected chi connectivity index (χ1v) is 8.88. The molecule has 0 aliphatic carbocycles. The Labute approximate surface area is 152 Å². The van der Waals surface area contributed by atoms with Gasteiger partial charge in [-0.1, -0.05) is 30.0 Å². The van der Waals surface area contributed by atoms with E-state index < -0.39 is 0 Å². The first kappa shape index (κ1) is 16.5. The van der Waals surface area contributed by atoms with Crippen molar-refractivity contribution in [3.8, 4) is 11.4 Å². The van der Waals surface area contributed by atoms with E-state index in [9.17, 15) is 9.18 Å². The Bertz CT molecular complexity index is 1150. The first-order chi connectivity index (χ1) is 12.6. The Hall–Kier alpha value is -3.00. The maximum absolute atomic E-state index is 13.8. The van der Waals surface area contributed by atoms with Crippen LogP contribution in [-0.2, 0) is 5.75 Å². The zero-order valence-electron chi connectivity index (χ0n) is 13.8. The van der Waals surface area contributed by atoms with Gasteiger partial charge in [-0.15, -0.1) is 5.10 Å². The smallest absolute Gasteiger partial charge is 0.258 e. The van der Waals surface area contributed by atoms with Crippen molar-refractivity contribution in [1.82, 2.24) is 24.6 Å². The lowest BCUT2D eigenvalue weighted by Gasteiger charge is -2.04. The van der Waals surface area contributed by atoms with Gasteiger partial charge in [0.15, 0.2) is 5.82 Å². The summed E-state index contributed by atoms with van der Waals surface area (Å²) < 4.78 is 15.3. The minimum absolute atomic E-state index is 0.128. The van der Waals surface area contributed by atoms with Gasteiger partial charge in [0, 0.05) is 18.0 Å². The van der Waals surface area contributed by atoms with E-state index in [4.69, 9.17) is 0 Å². The van der Waals surface area contributed by atoms with Crippen LogP contribution in [0.15, 0.2) is 58.6 Å². The lowest BCUT2D eigenvalue weighted by atomic mass is 10.2. The number of hydrogen-bond donors (Lipinski definition) is 1. The number of aromatic nitrogens is 5. The SMILES string of the molecule is Cc1ccc2nc(CSc3n[nH]c(-c4ccccc4F)n3)cc(=O)n2c1. The lowest BCUT2D eigenvalue weighted by Crippen LogP contribution is -2.15. The fourth-order valence-electron chi connectivity index (χ4n) is 2.56. The highest BCUT2D eigenvalue weighted by Crippen LogP contribution is 2.23. The van der Waals surface area contributed by atoms with Gasteiger partial charge in [0.1, 0.15) is 11.5 Å². The normalized spacial score (nSPS) is 11.2. The van der Waals surface area contributed by atoms with Crippen molar-refractivity contribution in [3.63, 3.8) is 0 Å². The number of nitrogens with zero attached hydrogens (tertiary/aromatic N) is 4. The second-order valence-corrected chi connectivity index (χ2v) is 6.70. The summed E-state index contributed by atoms with van der Waals surface area (Å²) >= 11 is 1.33. The Morgan fingerprint density at radius 1 is 1.19 bits per heavy atom. The summed E-state index contributed by atoms with van der Waals surface area (Å²) in [6.45, 7) is 1.92. The third kappa shape index (κ3) is 3.23. The van der Waals surface area contributed by atoms with Crippen LogP contribution in [0.25, 0.3) is 17.0 Å². The Balaban J connectivity index is 1.55. The molecule has 130 valence electrons. The Morgan fingerprint density at radius 3 is 2.88 bits per heavy atom. The topological polar surface area (TPSA) is 75.9 Å². The summed E-state index contributed by atoms with van der Waals surface area (Å²) in [7, 11) is 0. The average Bonchev–Trinajstić information content (AvgIpc) is 3.10. The number of aryl methyl sites for hydroxylation is 1. The Morgan fingerprint density at radius 2 is 2.04 bits per heavy atom. The molecule has 6 nitrogen and oxygen atoms in total. The number of aromatic amines is 1. The monoisotopic (exact) mass is 367 g/mol. The summed E-state index contributed by atoms with van der Waals surface area (Å²) in [6.07, 6.45) is 1.76. The summed E-state index contributed by atoms with van der Waals surface area (Å²) in [5, 5.41) is 7.30. The van der Waals surface area contributed by atoms with Gasteiger partial charge < -0.3 is 0 Å². The molecule has 0 aliphatic rings. The summed E-state index contributed by atoms with van der Waals surface area (Å²) in [5.74, 6) is 0.445. The average molecular weight is 367 g/mol. The minimum atomic E-state index is -0.361. The number of pyridine rings is 1. The van der Waals surface area contributed by atoms with E-state index in [0.29, 0.717) is 33.6 Å². The molecular weight excluding hydrogens is 353 g/mol. The minimum Gasteiger partial charge on any atom is -0.269 e. The van der Waals surface area contributed by atoms with E-state index >= 15 is 0 Å². The van der Waals surface area contributed by atoms with Crippen molar-refractivity contribution >= 4 is 17.4 Å². The predicted octanol–water partition coefficient (Wildman–Crippen LogP) is 3.22. The summed E-state index contributed by atoms with van der Waals surface area (Å²) in [4.78, 5) is 21.0. The van der Waals surface area contributed by atoms with Crippen molar-refractivity contribution in [2.75, 3.05) is 0 Å². The van der Waals surface area contributed by atoms with Crippen LogP contribution in [0.3, 0.4) is 0 Å². The fourth-order valence-corrected chi connectivity index (χ4v) is 3.25. The van der Waals surface area contributed by atoms with Crippen LogP contribution >= 0.6 is 11.8 Å². The highest BCUT2D eigenvalue weighted by molar-refractivity contribution is 7.98. The zero-order chi connectivity index (χ0) is 18.1. The third-order valence-corrected chi connectivity index (χ3v) is 4.68. The molecule has 0 aliphatic heterocycles. The van der Waals surface area contributed by atoms with E-state index in [0.717, 1.165) is 5.56 Å². The molecule has 26 heavy (non-hydrogen) atoms. The number of halogens is 1. The van der Waals surface area contributed by atoms with Gasteiger partial charge in [-0.2, -0.15) is 0 Å². The van der Waals surface area contributed by atoms with Crippen LogP contribution in [0.4, 0.5) is 4.39 Å². The van der Waals surface area contributed by atoms with E-state index in [1.807, 2.05) is 19.1 Å². The number of thioether (sulfide) groups is 1. The number of nitrogens with one attached hydrogen (secondary N) is 1. The zero-order valence-corrected chi connectivity index (χ0v) is 14.6. The van der Waals surface area contributed by atoms with Crippen molar-refractivity contribution in [2.45, 2.75) is 17.8 Å². The first-order valence-electron chi connectivity index (χ1n) is 7.89. The molecule has 0 saturated heterocycles. The molecule has 0 atom stereocenters. The largest absolute Gasteiger partial charge is 0.269 e. The molecule has 0 radical (unpaired) electrons. The molecule has 1 N–H and O–H groups in total. The van der Waals surface area contributed by atoms with Crippen LogP contribution in [0, 0.1) is 12.7 Å². The fraction of sp³-hybridized carbons (Fsp3) is 0.111. The molecular formula is C18H14FN5OS. The van der Waals surface area contributed by atoms with Crippen molar-refractivity contribution in [1.29, 1.82) is 0 Å². The van der Waals surface area contributed by atoms with Gasteiger partial charge in [0.2, 0.25) is 5.16 Å². The van der Waals surface area contributed by atoms with Gasteiger partial charge in [-0.3, -0.25) is 14.3 Å². The molecule has 3 heterocycles. The number of benzene rings is 1. The van der Waals surface area contributed by atoms with Crippen molar-refractivity contribution in [3.05, 3.63) is 76.1 Å². The van der Waals surface area contributed by atoms with Gasteiger partial charge in [-0.25, -0.2) is 14.4 Å². The van der Waals surface area contributed by atoms with Gasteiger partial charge >= 0.3 is 0 Å². The molecule has 4 aromatic rings. The molecule has 0 fully saturated rings. The predicted molar refractivity (Wildman–Crippen MR) is 97.5 cm³/mol. The summed E-state index contributed by atoms with van der Waals surface area (Å²) in [6, 6.07) is 11.6. The molecule has 0 bridgehead atoms. The highest BCUT2D eigenvalue weighted by Gasteiger charge is 2.11. The van der Waals surface area contributed by atoms with E-state index in [2.05, 4.69) is 20.2 Å². The molecule has 4 rings (SSSR count).